The van der Waals surface area contributed by atoms with Crippen LogP contribution in [0.4, 0.5) is 0 Å². The lowest BCUT2D eigenvalue weighted by Crippen LogP contribution is -2.18. The molecule has 3 aromatic carbocycles. The van der Waals surface area contributed by atoms with E-state index in [9.17, 15) is 0 Å². The van der Waals surface area contributed by atoms with E-state index in [4.69, 9.17) is 13.6 Å². The van der Waals surface area contributed by atoms with E-state index in [-0.39, 0.29) is 29.0 Å². The SMILES string of the molecule is O=P(Oc1c(Br)c(Br)c(Br)c(CC(Br)CBr)c1CC(Br)CBr)(Oc1c(Br)c(Br)c(Br)c(CC(Br)CBr)c1CC(Br)CBr)Oc1c(Br)c(Br)c(Br)c(CC(Br)CBr)c1CC(Br)CBr. The molecule has 0 aromatic heterocycles. The van der Waals surface area contributed by atoms with E-state index >= 15 is 4.57 Å². The van der Waals surface area contributed by atoms with Crippen LogP contribution in [0.1, 0.15) is 33.4 Å². The van der Waals surface area contributed by atoms with Crippen LogP contribution in [0.15, 0.2) is 40.3 Å². The summed E-state index contributed by atoms with van der Waals surface area (Å²) >= 11 is 79.6. The number of hydrogen-bond acceptors (Lipinski definition) is 4. The molecule has 6 atom stereocenters. The van der Waals surface area contributed by atoms with E-state index in [1.54, 1.807) is 0 Å². The second-order valence-corrected chi connectivity index (χ2v) is 33.4. The van der Waals surface area contributed by atoms with Crippen LogP contribution in [0, 0.1) is 0 Å². The first-order valence-corrected chi connectivity index (χ1v) is 38.3. The molecule has 350 valence electrons. The van der Waals surface area contributed by atoms with Gasteiger partial charge in [-0.25, -0.2) is 0 Å². The Morgan fingerprint density at radius 1 is 0.306 bits per heavy atom. The van der Waals surface area contributed by atoms with Gasteiger partial charge in [0.25, 0.3) is 0 Å². The van der Waals surface area contributed by atoms with Gasteiger partial charge in [-0.2, -0.15) is 4.57 Å². The lowest BCUT2D eigenvalue weighted by Gasteiger charge is -2.29. The molecule has 0 saturated carbocycles. The molecule has 0 N–H and O–H groups in total. The van der Waals surface area contributed by atoms with E-state index in [2.05, 4.69) is 335 Å². The third-order valence-corrected chi connectivity index (χ3v) is 34.1. The molecule has 4 nitrogen and oxygen atoms in total. The zero-order chi connectivity index (χ0) is 47.0. The van der Waals surface area contributed by atoms with Crippen LogP contribution >= 0.6 is 342 Å². The van der Waals surface area contributed by atoms with Crippen molar-refractivity contribution >= 4 is 342 Å². The third kappa shape index (κ3) is 17.5. The van der Waals surface area contributed by atoms with Gasteiger partial charge in [0.15, 0.2) is 17.2 Å². The van der Waals surface area contributed by atoms with Crippen molar-refractivity contribution in [3.05, 3.63) is 73.6 Å². The van der Waals surface area contributed by atoms with Crippen LogP contribution in [-0.4, -0.2) is 60.9 Å². The minimum Gasteiger partial charge on any atom is -0.384 e. The molecule has 62 heavy (non-hydrogen) atoms. The predicted molar refractivity (Wildman–Crippen MR) is 339 cm³/mol. The molecule has 0 saturated heterocycles. The van der Waals surface area contributed by atoms with Gasteiger partial charge in [-0.1, -0.05) is 191 Å². The van der Waals surface area contributed by atoms with Gasteiger partial charge < -0.3 is 13.6 Å². The summed E-state index contributed by atoms with van der Waals surface area (Å²) < 4.78 is 43.7. The van der Waals surface area contributed by atoms with Gasteiger partial charge in [0.05, 0.1) is 13.4 Å². The molecule has 3 rings (SSSR count). The maximum Gasteiger partial charge on any atom is 0.647 e. The average Bonchev–Trinajstić information content (AvgIpc) is 3.25. The standard InChI is InChI=1S/C36H30Br21O4P/c37-7-13(43)1-19-22(4-16(46)10-40)34(31(55)28(52)25(19)49)59-62(58,60-35-23(5-17(47)11-41)20(2-14(44)8-38)26(50)29(53)32(35)56)61-36-24(6-18(48)12-42)21(3-15(45)9-39)27(51)30(54)33(36)57/h13-18H,1-12H2. The summed E-state index contributed by atoms with van der Waals surface area (Å²) in [6, 6.07) is 0. The van der Waals surface area contributed by atoms with Crippen LogP contribution < -0.4 is 13.6 Å². The maximum absolute atomic E-state index is 16.5. The summed E-state index contributed by atoms with van der Waals surface area (Å²) in [4.78, 5) is 0.155. The summed E-state index contributed by atoms with van der Waals surface area (Å²) in [5.74, 6) is 0.913. The Kier molecular flexibility index (Phi) is 31.6. The minimum absolute atomic E-state index is 0.0162. The summed E-state index contributed by atoms with van der Waals surface area (Å²) in [5, 5.41) is 4.01. The van der Waals surface area contributed by atoms with Crippen molar-refractivity contribution in [3.8, 4) is 17.2 Å². The van der Waals surface area contributed by atoms with Gasteiger partial charge in [-0.15, -0.1) is 0 Å². The first-order valence-electron chi connectivity index (χ1n) is 17.5. The number of alkyl halides is 12. The number of rotatable bonds is 24. The quantitative estimate of drug-likeness (QED) is 0.0509. The van der Waals surface area contributed by atoms with Gasteiger partial charge in [-0.3, -0.25) is 0 Å². The second kappa shape index (κ2) is 30.8. The van der Waals surface area contributed by atoms with Gasteiger partial charge in [0, 0.05) is 104 Å². The fraction of sp³-hybridized carbons (Fsp3) is 0.500. The van der Waals surface area contributed by atoms with Crippen molar-refractivity contribution in [2.45, 2.75) is 67.5 Å². The molecule has 0 fully saturated rings. The number of hydrogen-bond donors (Lipinski definition) is 0. The largest absolute Gasteiger partial charge is 0.647 e. The van der Waals surface area contributed by atoms with Crippen LogP contribution in [0.25, 0.3) is 0 Å². The highest BCUT2D eigenvalue weighted by Crippen LogP contribution is 2.60. The summed E-state index contributed by atoms with van der Waals surface area (Å²) in [6.45, 7) is 0. The smallest absolute Gasteiger partial charge is 0.384 e. The van der Waals surface area contributed by atoms with Crippen molar-refractivity contribution in [1.82, 2.24) is 0 Å². The van der Waals surface area contributed by atoms with Crippen molar-refractivity contribution in [3.63, 3.8) is 0 Å². The second-order valence-electron chi connectivity index (χ2n) is 13.1. The molecule has 0 aliphatic heterocycles. The monoisotopic (exact) mass is 2210 g/mol. The Hall–Kier alpha value is 7.37. The van der Waals surface area contributed by atoms with Gasteiger partial charge >= 0.3 is 7.82 Å². The van der Waals surface area contributed by atoms with Gasteiger partial charge in [0.1, 0.15) is 0 Å². The lowest BCUT2D eigenvalue weighted by molar-refractivity contribution is 0.292. The number of phosphoric ester groups is 1. The summed E-state index contributed by atoms with van der Waals surface area (Å²) in [5.41, 5.74) is 5.27. The topological polar surface area (TPSA) is 44.8 Å². The molecule has 0 radical (unpaired) electrons. The lowest BCUT2D eigenvalue weighted by atomic mass is 9.98. The van der Waals surface area contributed by atoms with E-state index < -0.39 is 7.82 Å². The molecule has 0 amide bonds. The van der Waals surface area contributed by atoms with Crippen LogP contribution in [-0.2, 0) is 43.1 Å². The number of halogens is 21. The van der Waals surface area contributed by atoms with Crippen LogP contribution in [0.5, 0.6) is 17.2 Å². The average molecular weight is 2240 g/mol. The highest BCUT2D eigenvalue weighted by Gasteiger charge is 2.42. The third-order valence-electron chi connectivity index (χ3n) is 8.63. The Morgan fingerprint density at radius 3 is 0.661 bits per heavy atom. The number of phosphoric acid groups is 1. The zero-order valence-electron chi connectivity index (χ0n) is 31.0. The Balaban J connectivity index is 2.64. The fourth-order valence-corrected chi connectivity index (χ4v) is 16.3. The van der Waals surface area contributed by atoms with Gasteiger partial charge in [-0.05, 0) is 199 Å². The molecular weight excluding hydrogens is 2210 g/mol. The zero-order valence-corrected chi connectivity index (χ0v) is 65.2. The van der Waals surface area contributed by atoms with Crippen molar-refractivity contribution in [2.24, 2.45) is 0 Å². The normalized spacial score (nSPS) is 15.8. The highest BCUT2D eigenvalue weighted by atomic mass is 79.9. The van der Waals surface area contributed by atoms with Crippen LogP contribution in [0.2, 0.25) is 0 Å². The van der Waals surface area contributed by atoms with Crippen molar-refractivity contribution in [2.75, 3.05) is 32.0 Å². The molecule has 3 aromatic rings. The van der Waals surface area contributed by atoms with Gasteiger partial charge in [0.2, 0.25) is 0 Å². The minimum atomic E-state index is -4.83. The Labute approximate surface area is 540 Å². The molecule has 6 unspecified atom stereocenters. The molecule has 0 spiro atoms. The Morgan fingerprint density at radius 2 is 0.484 bits per heavy atom. The van der Waals surface area contributed by atoms with E-state index in [1.165, 1.54) is 0 Å². The molecule has 0 bridgehead atoms. The maximum atomic E-state index is 16.5. The van der Waals surface area contributed by atoms with Crippen molar-refractivity contribution in [1.29, 1.82) is 0 Å². The fourth-order valence-electron chi connectivity index (χ4n) is 5.81. The molecule has 0 heterocycles. The van der Waals surface area contributed by atoms with Crippen LogP contribution in [0.3, 0.4) is 0 Å². The highest BCUT2D eigenvalue weighted by molar-refractivity contribution is 9.16. The summed E-state index contributed by atoms with van der Waals surface area (Å²) in [6.07, 6.45) is 3.32. The summed E-state index contributed by atoms with van der Waals surface area (Å²) in [7, 11) is -4.83. The van der Waals surface area contributed by atoms with E-state index in [0.717, 1.165) is 46.8 Å². The molecule has 26 heteroatoms. The molecular formula is C36H30Br21O4P. The molecule has 0 aliphatic carbocycles. The van der Waals surface area contributed by atoms with E-state index in [0.29, 0.717) is 115 Å². The van der Waals surface area contributed by atoms with Crippen molar-refractivity contribution < 1.29 is 18.1 Å². The number of benzene rings is 3. The predicted octanol–water partition coefficient (Wildman–Crippen LogP) is 22.4. The molecule has 0 aliphatic rings. The first kappa shape index (κ1) is 63.7. The van der Waals surface area contributed by atoms with E-state index in [1.807, 2.05) is 0 Å². The Bertz CT molecular complexity index is 1850. The first-order chi connectivity index (χ1) is 29.0.